The normalized spacial score (nSPS) is 15.5. The van der Waals surface area contributed by atoms with E-state index >= 15 is 0 Å². The molecule has 1 N–H and O–H groups in total. The van der Waals surface area contributed by atoms with Gasteiger partial charge >= 0.3 is 0 Å². The van der Waals surface area contributed by atoms with E-state index in [0.29, 0.717) is 25.1 Å². The molecule has 2 heterocycles. The second kappa shape index (κ2) is 7.40. The van der Waals surface area contributed by atoms with Crippen LogP contribution in [0, 0.1) is 5.82 Å². The van der Waals surface area contributed by atoms with Gasteiger partial charge in [0.25, 0.3) is 5.91 Å². The van der Waals surface area contributed by atoms with Crippen LogP contribution in [0.2, 0.25) is 0 Å². The van der Waals surface area contributed by atoms with E-state index in [0.717, 1.165) is 25.2 Å². The number of hydrogen-bond donors (Lipinski definition) is 1. The number of aromatic nitrogens is 1. The van der Waals surface area contributed by atoms with Crippen molar-refractivity contribution in [3.05, 3.63) is 69.9 Å². The van der Waals surface area contributed by atoms with E-state index in [-0.39, 0.29) is 17.3 Å². The summed E-state index contributed by atoms with van der Waals surface area (Å²) < 4.78 is 13.6. The first-order valence-electron chi connectivity index (χ1n) is 8.07. The summed E-state index contributed by atoms with van der Waals surface area (Å²) in [5.74, 6) is -0.232. The van der Waals surface area contributed by atoms with E-state index in [1.807, 2.05) is 12.1 Å². The molecular weight excluding hydrogens is 309 g/mol. The molecule has 126 valence electrons. The number of benzene rings is 1. The molecule has 0 bridgehead atoms. The molecule has 2 aromatic rings. The van der Waals surface area contributed by atoms with Crippen LogP contribution in [-0.2, 0) is 6.42 Å². The van der Waals surface area contributed by atoms with Crippen LogP contribution < -0.4 is 5.56 Å². The predicted molar refractivity (Wildman–Crippen MR) is 89.5 cm³/mol. The number of carbonyl (C=O) groups is 1. The Morgan fingerprint density at radius 1 is 1.08 bits per heavy atom. The lowest BCUT2D eigenvalue weighted by molar-refractivity contribution is 0.0638. The van der Waals surface area contributed by atoms with E-state index in [1.165, 1.54) is 18.3 Å². The van der Waals surface area contributed by atoms with Gasteiger partial charge in [-0.3, -0.25) is 14.5 Å². The Morgan fingerprint density at radius 3 is 2.50 bits per heavy atom. The smallest absolute Gasteiger partial charge is 0.255 e. The molecule has 24 heavy (non-hydrogen) atoms. The molecule has 1 aliphatic rings. The fourth-order valence-electron chi connectivity index (χ4n) is 2.88. The number of hydrogen-bond acceptors (Lipinski definition) is 3. The Morgan fingerprint density at radius 2 is 1.83 bits per heavy atom. The lowest BCUT2D eigenvalue weighted by Crippen LogP contribution is -2.49. The molecule has 6 heteroatoms. The van der Waals surface area contributed by atoms with Gasteiger partial charge in [0, 0.05) is 45.0 Å². The number of pyridine rings is 1. The van der Waals surface area contributed by atoms with Crippen molar-refractivity contribution < 1.29 is 9.18 Å². The number of rotatable bonds is 4. The average Bonchev–Trinajstić information content (AvgIpc) is 2.62. The van der Waals surface area contributed by atoms with Crippen LogP contribution in [0.15, 0.2) is 47.4 Å². The predicted octanol–water partition coefficient (Wildman–Crippen LogP) is 1.51. The summed E-state index contributed by atoms with van der Waals surface area (Å²) in [4.78, 5) is 30.0. The number of amides is 1. The molecule has 0 spiro atoms. The second-order valence-corrected chi connectivity index (χ2v) is 5.92. The summed E-state index contributed by atoms with van der Waals surface area (Å²) in [6.07, 6.45) is 2.12. The third-order valence-electron chi connectivity index (χ3n) is 4.35. The first-order chi connectivity index (χ1) is 11.6. The summed E-state index contributed by atoms with van der Waals surface area (Å²) >= 11 is 0. The summed E-state index contributed by atoms with van der Waals surface area (Å²) in [6.45, 7) is 3.58. The van der Waals surface area contributed by atoms with Gasteiger partial charge in [0.1, 0.15) is 5.82 Å². The summed E-state index contributed by atoms with van der Waals surface area (Å²) in [7, 11) is 0. The maximum Gasteiger partial charge on any atom is 0.255 e. The standard InChI is InChI=1S/C18H20FN3O2/c19-16-4-2-1-3-14(16)7-8-21-9-11-22(12-10-21)18(24)15-5-6-17(23)20-13-15/h1-6,13H,7-12H2,(H,20,23). The molecule has 1 saturated heterocycles. The number of piperazine rings is 1. The number of carbonyl (C=O) groups excluding carboxylic acids is 1. The van der Waals surface area contributed by atoms with Gasteiger partial charge in [-0.05, 0) is 24.1 Å². The molecule has 0 saturated carbocycles. The zero-order chi connectivity index (χ0) is 16.9. The minimum absolute atomic E-state index is 0.0694. The summed E-state index contributed by atoms with van der Waals surface area (Å²) in [5, 5.41) is 0. The van der Waals surface area contributed by atoms with Crippen molar-refractivity contribution in [3.63, 3.8) is 0 Å². The lowest BCUT2D eigenvalue weighted by Gasteiger charge is -2.34. The zero-order valence-electron chi connectivity index (χ0n) is 13.4. The van der Waals surface area contributed by atoms with Crippen molar-refractivity contribution in [1.82, 2.24) is 14.8 Å². The van der Waals surface area contributed by atoms with E-state index in [2.05, 4.69) is 9.88 Å². The highest BCUT2D eigenvalue weighted by atomic mass is 19.1. The number of aromatic amines is 1. The Kier molecular flexibility index (Phi) is 5.05. The molecule has 1 aliphatic heterocycles. The number of H-pyrrole nitrogens is 1. The molecule has 1 aromatic heterocycles. The molecule has 1 amide bonds. The van der Waals surface area contributed by atoms with Crippen molar-refractivity contribution in [2.75, 3.05) is 32.7 Å². The molecule has 0 atom stereocenters. The quantitative estimate of drug-likeness (QED) is 0.925. The highest BCUT2D eigenvalue weighted by Gasteiger charge is 2.22. The Labute approximate surface area is 139 Å². The van der Waals surface area contributed by atoms with Gasteiger partial charge in [0.05, 0.1) is 5.56 Å². The topological polar surface area (TPSA) is 56.4 Å². The monoisotopic (exact) mass is 329 g/mol. The minimum Gasteiger partial charge on any atom is -0.336 e. The molecular formula is C18H20FN3O2. The molecule has 3 rings (SSSR count). The maximum absolute atomic E-state index is 13.6. The minimum atomic E-state index is -0.218. The van der Waals surface area contributed by atoms with Gasteiger partial charge in [-0.15, -0.1) is 0 Å². The van der Waals surface area contributed by atoms with Gasteiger partial charge < -0.3 is 9.88 Å². The molecule has 1 aromatic carbocycles. The third-order valence-corrected chi connectivity index (χ3v) is 4.35. The summed E-state index contributed by atoms with van der Waals surface area (Å²) in [5.41, 5.74) is 1.00. The first-order valence-corrected chi connectivity index (χ1v) is 8.07. The molecule has 0 radical (unpaired) electrons. The third kappa shape index (κ3) is 3.89. The Hall–Kier alpha value is -2.47. The van der Waals surface area contributed by atoms with Crippen molar-refractivity contribution in [2.24, 2.45) is 0 Å². The fraction of sp³-hybridized carbons (Fsp3) is 0.333. The van der Waals surface area contributed by atoms with Crippen molar-refractivity contribution in [2.45, 2.75) is 6.42 Å². The van der Waals surface area contributed by atoms with Gasteiger partial charge in [0.2, 0.25) is 5.56 Å². The van der Waals surface area contributed by atoms with E-state index in [4.69, 9.17) is 0 Å². The highest BCUT2D eigenvalue weighted by molar-refractivity contribution is 5.93. The first kappa shape index (κ1) is 16.4. The molecule has 5 nitrogen and oxygen atoms in total. The van der Waals surface area contributed by atoms with E-state index < -0.39 is 0 Å². The van der Waals surface area contributed by atoms with Gasteiger partial charge in [-0.1, -0.05) is 18.2 Å². The van der Waals surface area contributed by atoms with Crippen LogP contribution in [-0.4, -0.2) is 53.4 Å². The Bertz CT molecular complexity index is 746. The zero-order valence-corrected chi connectivity index (χ0v) is 13.4. The maximum atomic E-state index is 13.6. The van der Waals surface area contributed by atoms with Crippen molar-refractivity contribution in [1.29, 1.82) is 0 Å². The highest BCUT2D eigenvalue weighted by Crippen LogP contribution is 2.11. The average molecular weight is 329 g/mol. The van der Waals surface area contributed by atoms with Crippen molar-refractivity contribution >= 4 is 5.91 Å². The Balaban J connectivity index is 1.50. The van der Waals surface area contributed by atoms with Gasteiger partial charge in [-0.2, -0.15) is 0 Å². The van der Waals surface area contributed by atoms with E-state index in [1.54, 1.807) is 17.0 Å². The summed E-state index contributed by atoms with van der Waals surface area (Å²) in [6, 6.07) is 9.74. The second-order valence-electron chi connectivity index (χ2n) is 5.92. The van der Waals surface area contributed by atoms with Crippen LogP contribution in [0.3, 0.4) is 0 Å². The fourth-order valence-corrected chi connectivity index (χ4v) is 2.88. The molecule has 0 unspecified atom stereocenters. The molecule has 0 aliphatic carbocycles. The van der Waals surface area contributed by atoms with Crippen LogP contribution in [0.1, 0.15) is 15.9 Å². The van der Waals surface area contributed by atoms with Crippen LogP contribution in [0.4, 0.5) is 4.39 Å². The van der Waals surface area contributed by atoms with Crippen LogP contribution >= 0.6 is 0 Å². The molecule has 1 fully saturated rings. The largest absolute Gasteiger partial charge is 0.336 e. The number of nitrogens with one attached hydrogen (secondary N) is 1. The number of halogens is 1. The van der Waals surface area contributed by atoms with Crippen molar-refractivity contribution in [3.8, 4) is 0 Å². The van der Waals surface area contributed by atoms with Crippen LogP contribution in [0.25, 0.3) is 0 Å². The van der Waals surface area contributed by atoms with Gasteiger partial charge in [-0.25, -0.2) is 4.39 Å². The lowest BCUT2D eigenvalue weighted by atomic mass is 10.1. The number of nitrogens with zero attached hydrogens (tertiary/aromatic N) is 2. The van der Waals surface area contributed by atoms with E-state index in [9.17, 15) is 14.0 Å². The van der Waals surface area contributed by atoms with Gasteiger partial charge in [0.15, 0.2) is 0 Å². The van der Waals surface area contributed by atoms with Crippen LogP contribution in [0.5, 0.6) is 0 Å². The SMILES string of the molecule is O=C(c1ccc(=O)[nH]c1)N1CCN(CCc2ccccc2F)CC1.